The Labute approximate surface area is 266 Å². The van der Waals surface area contributed by atoms with E-state index in [9.17, 15) is 17.2 Å². The van der Waals surface area contributed by atoms with Gasteiger partial charge in [-0.05, 0) is 30.3 Å². The van der Waals surface area contributed by atoms with Crippen LogP contribution in [0.25, 0.3) is 32.9 Å². The second kappa shape index (κ2) is 12.4. The van der Waals surface area contributed by atoms with Crippen molar-refractivity contribution in [3.8, 4) is 21.8 Å². The monoisotopic (exact) mass is 672 g/mol. The van der Waals surface area contributed by atoms with Crippen molar-refractivity contribution in [3.05, 3.63) is 83.0 Å². The molecule has 238 valence electrons. The molecule has 2 aromatic carbocycles. The van der Waals surface area contributed by atoms with E-state index in [0.717, 1.165) is 34.6 Å². The average Bonchev–Trinajstić information content (AvgIpc) is 3.56. The summed E-state index contributed by atoms with van der Waals surface area (Å²) in [7, 11) is -5.81. The van der Waals surface area contributed by atoms with E-state index in [4.69, 9.17) is 9.72 Å². The third kappa shape index (κ3) is 7.06. The molecule has 3 aromatic heterocycles. The van der Waals surface area contributed by atoms with Crippen molar-refractivity contribution in [2.24, 2.45) is 0 Å². The van der Waals surface area contributed by atoms with E-state index in [1.807, 2.05) is 37.6 Å². The van der Waals surface area contributed by atoms with E-state index in [2.05, 4.69) is 29.6 Å². The molecule has 0 aliphatic carbocycles. The third-order valence-corrected chi connectivity index (χ3v) is 12.1. The highest BCUT2D eigenvalue weighted by Gasteiger charge is 2.29. The number of nitrogens with zero attached hydrogens (tertiary/aromatic N) is 4. The summed E-state index contributed by atoms with van der Waals surface area (Å²) < 4.78 is 79.0. The topological polar surface area (TPSA) is 87.0 Å². The van der Waals surface area contributed by atoms with Gasteiger partial charge in [0.25, 0.3) is 0 Å². The summed E-state index contributed by atoms with van der Waals surface area (Å²) in [6.45, 7) is 13.8. The van der Waals surface area contributed by atoms with E-state index >= 15 is 4.39 Å². The predicted molar refractivity (Wildman–Crippen MR) is 174 cm³/mol. The van der Waals surface area contributed by atoms with Gasteiger partial charge in [-0.15, -0.1) is 11.3 Å². The lowest BCUT2D eigenvalue weighted by atomic mass is 9.98. The molecule has 0 aliphatic heterocycles. The van der Waals surface area contributed by atoms with Crippen LogP contribution in [0.4, 0.5) is 13.2 Å². The summed E-state index contributed by atoms with van der Waals surface area (Å²) in [6.07, 6.45) is 3.31. The fraction of sp³-hybridized carbons (Fsp3) is 0.344. The van der Waals surface area contributed by atoms with E-state index in [1.54, 1.807) is 0 Å². The number of thiazole rings is 1. The number of halogens is 3. The molecule has 0 unspecified atom stereocenters. The molecule has 5 rings (SSSR count). The molecule has 0 fully saturated rings. The maximum atomic E-state index is 16.2. The van der Waals surface area contributed by atoms with Crippen molar-refractivity contribution in [1.29, 1.82) is 0 Å². The van der Waals surface area contributed by atoms with Gasteiger partial charge in [-0.3, -0.25) is 0 Å². The Morgan fingerprint density at radius 1 is 0.956 bits per heavy atom. The summed E-state index contributed by atoms with van der Waals surface area (Å²) in [5, 5.41) is 1.45. The zero-order valence-electron chi connectivity index (χ0n) is 26.0. The van der Waals surface area contributed by atoms with Gasteiger partial charge in [-0.1, -0.05) is 58.6 Å². The van der Waals surface area contributed by atoms with Crippen molar-refractivity contribution in [3.63, 3.8) is 0 Å². The number of ether oxygens (including phenoxy) is 1. The molecule has 0 radical (unpaired) electrons. The highest BCUT2D eigenvalue weighted by molar-refractivity contribution is 7.90. The molecule has 0 N–H and O–H groups in total. The molecule has 0 saturated heterocycles. The van der Waals surface area contributed by atoms with Gasteiger partial charge in [0.15, 0.2) is 9.84 Å². The second-order valence-corrected chi connectivity index (χ2v) is 21.7. The second-order valence-electron chi connectivity index (χ2n) is 13.1. The standard InChI is InChI=1S/C32H35F3N4O3S2Si/c1-32(2,3)31-38-27(21-10-7-9-20(25(21)35)17-44(40,41)29-23(33)11-8-12-24(29)34)28(43-31)26-22-13-14-39(30(22)37-18-36-26)19-42-15-16-45(4,5)6/h7-14,18H,15-17,19H2,1-6H3. The van der Waals surface area contributed by atoms with Gasteiger partial charge in [0.1, 0.15) is 41.1 Å². The van der Waals surface area contributed by atoms with Gasteiger partial charge in [-0.2, -0.15) is 0 Å². The van der Waals surface area contributed by atoms with Crippen LogP contribution < -0.4 is 0 Å². The minimum Gasteiger partial charge on any atom is -0.361 e. The molecule has 0 atom stereocenters. The number of sulfone groups is 1. The zero-order chi connectivity index (χ0) is 32.7. The normalized spacial score (nSPS) is 12.7. The quantitative estimate of drug-likeness (QED) is 0.110. The first-order chi connectivity index (χ1) is 21.1. The number of hydrogen-bond acceptors (Lipinski definition) is 7. The minimum absolute atomic E-state index is 0.0549. The summed E-state index contributed by atoms with van der Waals surface area (Å²) in [6, 6.07) is 10.0. The molecule has 0 spiro atoms. The summed E-state index contributed by atoms with van der Waals surface area (Å²) in [5.74, 6) is -4.24. The Morgan fingerprint density at radius 2 is 1.64 bits per heavy atom. The van der Waals surface area contributed by atoms with Gasteiger partial charge in [-0.25, -0.2) is 36.5 Å². The third-order valence-electron chi connectivity index (χ3n) is 7.18. The van der Waals surface area contributed by atoms with Crippen LogP contribution in [0, 0.1) is 17.5 Å². The maximum Gasteiger partial charge on any atom is 0.188 e. The van der Waals surface area contributed by atoms with Gasteiger partial charge in [0.05, 0.1) is 27.0 Å². The van der Waals surface area contributed by atoms with E-state index in [-0.39, 0.29) is 22.2 Å². The first-order valence-corrected chi connectivity index (χ1v) is 20.6. The van der Waals surface area contributed by atoms with Gasteiger partial charge < -0.3 is 9.30 Å². The number of aromatic nitrogens is 4. The molecule has 45 heavy (non-hydrogen) atoms. The predicted octanol–water partition coefficient (Wildman–Crippen LogP) is 8.22. The summed E-state index contributed by atoms with van der Waals surface area (Å²) in [5.41, 5.74) is 0.921. The SMILES string of the molecule is CC(C)(C)c1nc(-c2cccc(CS(=O)(=O)c3c(F)cccc3F)c2F)c(-c2ncnc3c2ccn3COCC[Si](C)(C)C)s1. The lowest BCUT2D eigenvalue weighted by Gasteiger charge is -2.15. The number of fused-ring (bicyclic) bond motifs is 1. The smallest absolute Gasteiger partial charge is 0.188 e. The van der Waals surface area contributed by atoms with Gasteiger partial charge >= 0.3 is 0 Å². The van der Waals surface area contributed by atoms with Crippen molar-refractivity contribution in [2.75, 3.05) is 6.61 Å². The van der Waals surface area contributed by atoms with Crippen LogP contribution >= 0.6 is 11.3 Å². The molecule has 13 heteroatoms. The highest BCUT2D eigenvalue weighted by atomic mass is 32.2. The van der Waals surface area contributed by atoms with Gasteiger partial charge in [0, 0.05) is 42.8 Å². The first-order valence-electron chi connectivity index (χ1n) is 14.4. The molecule has 3 heterocycles. The fourth-order valence-corrected chi connectivity index (χ4v) is 8.16. The molecular weight excluding hydrogens is 638 g/mol. The fourth-order valence-electron chi connectivity index (χ4n) is 4.74. The number of benzene rings is 2. The van der Waals surface area contributed by atoms with Crippen LogP contribution in [-0.4, -0.2) is 42.6 Å². The first kappa shape index (κ1) is 33.0. The number of hydrogen-bond donors (Lipinski definition) is 0. The molecule has 0 amide bonds. The van der Waals surface area contributed by atoms with Crippen LogP contribution in [-0.2, 0) is 32.5 Å². The van der Waals surface area contributed by atoms with Crippen molar-refractivity contribution >= 4 is 40.3 Å². The Bertz CT molecular complexity index is 1960. The summed E-state index contributed by atoms with van der Waals surface area (Å²) >= 11 is 1.37. The Hall–Kier alpha value is -3.39. The average molecular weight is 673 g/mol. The zero-order valence-corrected chi connectivity index (χ0v) is 28.6. The molecule has 7 nitrogen and oxygen atoms in total. The maximum absolute atomic E-state index is 16.2. The Balaban J connectivity index is 1.57. The molecule has 5 aromatic rings. The largest absolute Gasteiger partial charge is 0.361 e. The van der Waals surface area contributed by atoms with E-state index in [1.165, 1.54) is 35.9 Å². The molecular formula is C32H35F3N4O3S2Si. The van der Waals surface area contributed by atoms with Crippen molar-refractivity contribution in [2.45, 2.75) is 69.3 Å². The van der Waals surface area contributed by atoms with Crippen molar-refractivity contribution in [1.82, 2.24) is 19.5 Å². The minimum atomic E-state index is -4.56. The van der Waals surface area contributed by atoms with E-state index < -0.39 is 46.0 Å². The van der Waals surface area contributed by atoms with E-state index in [0.29, 0.717) is 29.6 Å². The Kier molecular flexibility index (Phi) is 9.11. The van der Waals surface area contributed by atoms with Crippen LogP contribution in [0.3, 0.4) is 0 Å². The molecule has 0 saturated carbocycles. The van der Waals surface area contributed by atoms with Crippen LogP contribution in [0.1, 0.15) is 31.3 Å². The van der Waals surface area contributed by atoms with Crippen LogP contribution in [0.2, 0.25) is 25.7 Å². The van der Waals surface area contributed by atoms with Crippen LogP contribution in [0.15, 0.2) is 59.9 Å². The Morgan fingerprint density at radius 3 is 2.31 bits per heavy atom. The number of rotatable bonds is 10. The lowest BCUT2D eigenvalue weighted by molar-refractivity contribution is 0.0899. The van der Waals surface area contributed by atoms with Gasteiger partial charge in [0.2, 0.25) is 0 Å². The summed E-state index contributed by atoms with van der Waals surface area (Å²) in [4.78, 5) is 13.4. The lowest BCUT2D eigenvalue weighted by Crippen LogP contribution is -2.22. The molecule has 0 aliphatic rings. The van der Waals surface area contributed by atoms with Crippen LogP contribution in [0.5, 0.6) is 0 Å². The van der Waals surface area contributed by atoms with Crippen molar-refractivity contribution < 1.29 is 26.3 Å². The highest BCUT2D eigenvalue weighted by Crippen LogP contribution is 2.43. The molecule has 0 bridgehead atoms.